The Balaban J connectivity index is 1.51. The molecule has 0 aliphatic heterocycles. The maximum atomic E-state index is 13.1. The van der Waals surface area contributed by atoms with Crippen LogP contribution in [-0.2, 0) is 17.0 Å². The normalized spacial score (nSPS) is 12.0. The van der Waals surface area contributed by atoms with Gasteiger partial charge in [-0.2, -0.15) is 4.98 Å². The van der Waals surface area contributed by atoms with Gasteiger partial charge in [0.25, 0.3) is 0 Å². The smallest absolute Gasteiger partial charge is 0.237 e. The lowest BCUT2D eigenvalue weighted by atomic mass is 10.1. The Morgan fingerprint density at radius 1 is 1.30 bits per heavy atom. The molecule has 0 saturated carbocycles. The fourth-order valence-corrected chi connectivity index (χ4v) is 3.23. The van der Waals surface area contributed by atoms with Gasteiger partial charge in [0.1, 0.15) is 5.82 Å². The highest BCUT2D eigenvalue weighted by Crippen LogP contribution is 2.24. The lowest BCUT2D eigenvalue weighted by molar-refractivity contribution is -0.115. The maximum absolute atomic E-state index is 13.1. The third kappa shape index (κ3) is 5.55. The van der Waals surface area contributed by atoms with Gasteiger partial charge in [-0.1, -0.05) is 47.1 Å². The molecule has 140 valence electrons. The van der Waals surface area contributed by atoms with Crippen molar-refractivity contribution in [2.75, 3.05) is 5.32 Å². The van der Waals surface area contributed by atoms with Gasteiger partial charge in [-0.05, 0) is 30.7 Å². The number of halogens is 2. The van der Waals surface area contributed by atoms with Crippen molar-refractivity contribution in [3.63, 3.8) is 0 Å². The molecule has 8 heteroatoms. The molecule has 0 saturated heterocycles. The van der Waals surface area contributed by atoms with E-state index in [0.717, 1.165) is 11.6 Å². The van der Waals surface area contributed by atoms with Crippen LogP contribution < -0.4 is 5.32 Å². The molecule has 3 rings (SSSR count). The van der Waals surface area contributed by atoms with Gasteiger partial charge in [-0.15, -0.1) is 11.8 Å². The molecule has 0 aliphatic rings. The predicted octanol–water partition coefficient (Wildman–Crippen LogP) is 4.71. The number of benzene rings is 2. The molecule has 0 bridgehead atoms. The highest BCUT2D eigenvalue weighted by molar-refractivity contribution is 7.99. The molecule has 1 amide bonds. The molecular formula is C19H17ClFN3O2S. The van der Waals surface area contributed by atoms with Crippen molar-refractivity contribution in [2.45, 2.75) is 24.3 Å². The number of nitrogens with one attached hydrogen (secondary N) is 1. The summed E-state index contributed by atoms with van der Waals surface area (Å²) < 4.78 is 18.3. The predicted molar refractivity (Wildman–Crippen MR) is 104 cm³/mol. The summed E-state index contributed by atoms with van der Waals surface area (Å²) in [6, 6.07) is 13.7. The number of anilines is 1. The molecule has 2 aromatic carbocycles. The van der Waals surface area contributed by atoms with Gasteiger partial charge in [0.15, 0.2) is 5.82 Å². The van der Waals surface area contributed by atoms with Gasteiger partial charge in [0.05, 0.1) is 21.7 Å². The molecular weight excluding hydrogens is 389 g/mol. The number of carbonyl (C=O) groups is 1. The first-order chi connectivity index (χ1) is 13.0. The molecule has 1 heterocycles. The van der Waals surface area contributed by atoms with E-state index in [0.29, 0.717) is 29.6 Å². The van der Waals surface area contributed by atoms with Crippen molar-refractivity contribution in [1.82, 2.24) is 10.1 Å². The Bertz CT molecular complexity index is 920. The van der Waals surface area contributed by atoms with Crippen molar-refractivity contribution in [2.24, 2.45) is 0 Å². The summed E-state index contributed by atoms with van der Waals surface area (Å²) in [6.45, 7) is 1.76. The van der Waals surface area contributed by atoms with Crippen LogP contribution in [0.4, 0.5) is 10.1 Å². The summed E-state index contributed by atoms with van der Waals surface area (Å²) in [6.07, 6.45) is 0.591. The third-order valence-electron chi connectivity index (χ3n) is 3.73. The van der Waals surface area contributed by atoms with E-state index in [9.17, 15) is 9.18 Å². The Labute approximate surface area is 165 Å². The number of amides is 1. The average molecular weight is 406 g/mol. The number of hydrogen-bond acceptors (Lipinski definition) is 5. The van der Waals surface area contributed by atoms with Crippen molar-refractivity contribution in [3.8, 4) is 0 Å². The van der Waals surface area contributed by atoms with E-state index in [1.165, 1.54) is 23.9 Å². The van der Waals surface area contributed by atoms with Crippen LogP contribution in [-0.4, -0.2) is 21.3 Å². The standard InChI is InChI=1S/C19H17ClFN3O2S/c1-12(19(25)22-16-8-7-14(21)10-15(16)20)27-11-18-23-17(24-26-18)9-13-5-3-2-4-6-13/h2-8,10,12H,9,11H2,1H3,(H,22,25). The second kappa shape index (κ2) is 9.01. The number of hydrogen-bond donors (Lipinski definition) is 1. The van der Waals surface area contributed by atoms with Crippen LogP contribution >= 0.6 is 23.4 Å². The summed E-state index contributed by atoms with van der Waals surface area (Å²) >= 11 is 7.29. The summed E-state index contributed by atoms with van der Waals surface area (Å²) in [5.41, 5.74) is 1.47. The molecule has 1 N–H and O–H groups in total. The second-order valence-corrected chi connectivity index (χ2v) is 7.57. The van der Waals surface area contributed by atoms with Crippen LogP contribution in [0, 0.1) is 5.82 Å². The first kappa shape index (κ1) is 19.4. The van der Waals surface area contributed by atoms with Crippen molar-refractivity contribution < 1.29 is 13.7 Å². The topological polar surface area (TPSA) is 68.0 Å². The number of rotatable bonds is 7. The molecule has 5 nitrogen and oxygen atoms in total. The van der Waals surface area contributed by atoms with Crippen LogP contribution in [0.3, 0.4) is 0 Å². The van der Waals surface area contributed by atoms with E-state index in [-0.39, 0.29) is 16.2 Å². The number of carbonyl (C=O) groups excluding carboxylic acids is 1. The summed E-state index contributed by atoms with van der Waals surface area (Å²) in [5.74, 6) is 0.783. The fourth-order valence-electron chi connectivity index (χ4n) is 2.30. The van der Waals surface area contributed by atoms with E-state index >= 15 is 0 Å². The minimum Gasteiger partial charge on any atom is -0.338 e. The van der Waals surface area contributed by atoms with Crippen LogP contribution in [0.15, 0.2) is 53.1 Å². The molecule has 1 unspecified atom stereocenters. The average Bonchev–Trinajstić information content (AvgIpc) is 3.10. The highest BCUT2D eigenvalue weighted by atomic mass is 35.5. The second-order valence-electron chi connectivity index (χ2n) is 5.83. The van der Waals surface area contributed by atoms with Crippen molar-refractivity contribution in [1.29, 1.82) is 0 Å². The Morgan fingerprint density at radius 3 is 2.81 bits per heavy atom. The maximum Gasteiger partial charge on any atom is 0.237 e. The first-order valence-corrected chi connectivity index (χ1v) is 9.67. The molecule has 1 aromatic heterocycles. The zero-order valence-electron chi connectivity index (χ0n) is 14.5. The summed E-state index contributed by atoms with van der Waals surface area (Å²) in [4.78, 5) is 16.6. The van der Waals surface area contributed by atoms with Crippen molar-refractivity contribution >= 4 is 35.0 Å². The number of aromatic nitrogens is 2. The summed E-state index contributed by atoms with van der Waals surface area (Å²) in [7, 11) is 0. The minimum atomic E-state index is -0.455. The largest absolute Gasteiger partial charge is 0.338 e. The monoisotopic (exact) mass is 405 g/mol. The SMILES string of the molecule is CC(SCc1nc(Cc2ccccc2)no1)C(=O)Nc1ccc(F)cc1Cl. The van der Waals surface area contributed by atoms with Gasteiger partial charge in [-0.25, -0.2) is 4.39 Å². The highest BCUT2D eigenvalue weighted by Gasteiger charge is 2.17. The molecule has 0 radical (unpaired) electrons. The van der Waals surface area contributed by atoms with Crippen LogP contribution in [0.5, 0.6) is 0 Å². The molecule has 0 spiro atoms. The molecule has 27 heavy (non-hydrogen) atoms. The zero-order chi connectivity index (χ0) is 19.2. The van der Waals surface area contributed by atoms with E-state index in [4.69, 9.17) is 16.1 Å². The van der Waals surface area contributed by atoms with E-state index in [1.807, 2.05) is 30.3 Å². The van der Waals surface area contributed by atoms with E-state index in [1.54, 1.807) is 6.92 Å². The lowest BCUT2D eigenvalue weighted by Crippen LogP contribution is -2.22. The first-order valence-electron chi connectivity index (χ1n) is 8.24. The van der Waals surface area contributed by atoms with Gasteiger partial charge in [-0.3, -0.25) is 4.79 Å². The number of nitrogens with zero attached hydrogens (tertiary/aromatic N) is 2. The number of thioether (sulfide) groups is 1. The molecule has 3 aromatic rings. The van der Waals surface area contributed by atoms with Gasteiger partial charge < -0.3 is 9.84 Å². The Kier molecular flexibility index (Phi) is 6.47. The van der Waals surface area contributed by atoms with E-state index < -0.39 is 5.82 Å². The zero-order valence-corrected chi connectivity index (χ0v) is 16.1. The van der Waals surface area contributed by atoms with Gasteiger partial charge in [0.2, 0.25) is 11.8 Å². The van der Waals surface area contributed by atoms with Gasteiger partial charge >= 0.3 is 0 Å². The Hall–Kier alpha value is -2.38. The fraction of sp³-hybridized carbons (Fsp3) is 0.211. The van der Waals surface area contributed by atoms with Crippen LogP contribution in [0.1, 0.15) is 24.2 Å². The van der Waals surface area contributed by atoms with E-state index in [2.05, 4.69) is 15.5 Å². The van der Waals surface area contributed by atoms with Crippen LogP contribution in [0.25, 0.3) is 0 Å². The molecule has 0 fully saturated rings. The van der Waals surface area contributed by atoms with Gasteiger partial charge in [0, 0.05) is 6.42 Å². The van der Waals surface area contributed by atoms with Crippen LogP contribution in [0.2, 0.25) is 5.02 Å². The minimum absolute atomic E-state index is 0.156. The molecule has 0 aliphatic carbocycles. The third-order valence-corrected chi connectivity index (χ3v) is 5.17. The quantitative estimate of drug-likeness (QED) is 0.616. The summed E-state index contributed by atoms with van der Waals surface area (Å²) in [5, 5.41) is 6.43. The molecule has 1 atom stereocenters. The Morgan fingerprint density at radius 2 is 2.07 bits per heavy atom. The lowest BCUT2D eigenvalue weighted by Gasteiger charge is -2.12. The van der Waals surface area contributed by atoms with Crippen molar-refractivity contribution in [3.05, 3.63) is 76.6 Å².